The lowest BCUT2D eigenvalue weighted by atomic mass is 9.90. The van der Waals surface area contributed by atoms with Crippen LogP contribution in [0.5, 0.6) is 0 Å². The van der Waals surface area contributed by atoms with Crippen LogP contribution < -0.4 is 9.80 Å². The molecular formula is C43H57Cl3N8O2. The van der Waals surface area contributed by atoms with Crippen LogP contribution >= 0.6 is 34.8 Å². The third-order valence-corrected chi connectivity index (χ3v) is 9.60. The standard InChI is InChI=1S/C21H27ClN4O.C15H22ClN3O.C7H8ClN/c1-13-9-14(22)10-18(23-13)19-24-17-8-6-7-16(17)20(25-19)26(5)12-15(27)11-21(2,3)4;1-15(2,3)8-10(20)9-19(4)13-11-6-5-7-12(11)17-14(16)18-13;1-5-3-7(8)4-6(2)9-5/h9-10H,6-8,11-12H2,1-5H3;5-9H2,1-4H3;3-4H,1-2H3. The zero-order chi connectivity index (χ0) is 41.5. The number of fused-ring (bicyclic) bond motifs is 2. The number of hydrogen-bond donors (Lipinski definition) is 0. The number of halogens is 3. The van der Waals surface area contributed by atoms with Crippen molar-refractivity contribution < 1.29 is 9.59 Å². The molecule has 6 rings (SSSR count). The van der Waals surface area contributed by atoms with Gasteiger partial charge in [0.25, 0.3) is 0 Å². The van der Waals surface area contributed by atoms with Gasteiger partial charge in [-0.15, -0.1) is 0 Å². The number of rotatable bonds is 9. The molecule has 56 heavy (non-hydrogen) atoms. The van der Waals surface area contributed by atoms with Crippen LogP contribution in [0.4, 0.5) is 11.6 Å². The highest BCUT2D eigenvalue weighted by atomic mass is 35.5. The molecular weight excluding hydrogens is 767 g/mol. The number of carbonyl (C=O) groups excluding carboxylic acids is 2. The number of aromatic nitrogens is 6. The predicted molar refractivity (Wildman–Crippen MR) is 230 cm³/mol. The fourth-order valence-corrected chi connectivity index (χ4v) is 7.80. The van der Waals surface area contributed by atoms with Gasteiger partial charge in [0.1, 0.15) is 17.3 Å². The molecule has 302 valence electrons. The number of carbonyl (C=O) groups is 2. The van der Waals surface area contributed by atoms with Gasteiger partial charge in [0, 0.05) is 70.9 Å². The summed E-state index contributed by atoms with van der Waals surface area (Å²) < 4.78 is 0. The van der Waals surface area contributed by atoms with Crippen molar-refractivity contribution >= 4 is 58.0 Å². The summed E-state index contributed by atoms with van der Waals surface area (Å²) in [5.41, 5.74) is 7.85. The second-order valence-corrected chi connectivity index (χ2v) is 18.6. The topological polar surface area (TPSA) is 118 Å². The molecule has 10 nitrogen and oxygen atoms in total. The summed E-state index contributed by atoms with van der Waals surface area (Å²) in [5, 5.41) is 1.66. The quantitative estimate of drug-likeness (QED) is 0.151. The first-order valence-electron chi connectivity index (χ1n) is 19.2. The molecule has 0 radical (unpaired) electrons. The molecule has 0 spiro atoms. The van der Waals surface area contributed by atoms with Gasteiger partial charge < -0.3 is 9.80 Å². The minimum Gasteiger partial charge on any atom is -0.352 e. The number of aryl methyl sites for hydroxylation is 5. The maximum atomic E-state index is 12.5. The molecule has 4 heterocycles. The van der Waals surface area contributed by atoms with Crippen molar-refractivity contribution in [3.05, 3.63) is 79.2 Å². The molecule has 0 fully saturated rings. The van der Waals surface area contributed by atoms with E-state index in [2.05, 4.69) is 61.5 Å². The Morgan fingerprint density at radius 2 is 1.02 bits per heavy atom. The molecule has 0 atom stereocenters. The summed E-state index contributed by atoms with van der Waals surface area (Å²) in [5.74, 6) is 2.68. The van der Waals surface area contributed by atoms with Crippen LogP contribution in [0.15, 0.2) is 24.3 Å². The van der Waals surface area contributed by atoms with Gasteiger partial charge in [-0.1, -0.05) is 64.7 Å². The Kier molecular flexibility index (Phi) is 15.4. The highest BCUT2D eigenvalue weighted by molar-refractivity contribution is 6.31. The van der Waals surface area contributed by atoms with Gasteiger partial charge in [0.05, 0.1) is 18.8 Å². The van der Waals surface area contributed by atoms with E-state index in [0.717, 1.165) is 94.8 Å². The second kappa shape index (κ2) is 19.1. The molecule has 2 aliphatic rings. The molecule has 13 heteroatoms. The molecule has 0 aliphatic heterocycles. The average Bonchev–Trinajstić information content (AvgIpc) is 3.71. The van der Waals surface area contributed by atoms with E-state index in [4.69, 9.17) is 44.8 Å². The predicted octanol–water partition coefficient (Wildman–Crippen LogP) is 9.84. The van der Waals surface area contributed by atoms with E-state index in [-0.39, 0.29) is 27.7 Å². The Morgan fingerprint density at radius 3 is 1.46 bits per heavy atom. The molecule has 0 N–H and O–H groups in total. The Morgan fingerprint density at radius 1 is 0.589 bits per heavy atom. The lowest BCUT2D eigenvalue weighted by molar-refractivity contribution is -0.120. The molecule has 0 saturated carbocycles. The van der Waals surface area contributed by atoms with Crippen LogP contribution in [0.3, 0.4) is 0 Å². The molecule has 2 aliphatic carbocycles. The summed E-state index contributed by atoms with van der Waals surface area (Å²) in [6, 6.07) is 7.29. The van der Waals surface area contributed by atoms with Crippen molar-refractivity contribution in [2.45, 2.75) is 114 Å². The first-order valence-corrected chi connectivity index (χ1v) is 20.4. The smallest absolute Gasteiger partial charge is 0.224 e. The zero-order valence-corrected chi connectivity index (χ0v) is 37.2. The molecule has 0 unspecified atom stereocenters. The highest BCUT2D eigenvalue weighted by Gasteiger charge is 2.26. The van der Waals surface area contributed by atoms with Gasteiger partial charge >= 0.3 is 0 Å². The maximum Gasteiger partial charge on any atom is 0.224 e. The zero-order valence-electron chi connectivity index (χ0n) is 34.9. The fourth-order valence-electron chi connectivity index (χ4n) is 7.04. The average molecular weight is 824 g/mol. The van der Waals surface area contributed by atoms with E-state index in [1.54, 1.807) is 6.07 Å². The second-order valence-electron chi connectivity index (χ2n) is 17.4. The Bertz CT molecular complexity index is 1970. The normalized spacial score (nSPS) is 13.2. The summed E-state index contributed by atoms with van der Waals surface area (Å²) in [6.45, 7) is 19.0. The van der Waals surface area contributed by atoms with Crippen LogP contribution in [-0.2, 0) is 35.3 Å². The van der Waals surface area contributed by atoms with Crippen molar-refractivity contribution in [2.24, 2.45) is 10.8 Å². The van der Waals surface area contributed by atoms with Crippen molar-refractivity contribution in [2.75, 3.05) is 37.0 Å². The monoisotopic (exact) mass is 822 g/mol. The Labute approximate surface area is 348 Å². The van der Waals surface area contributed by atoms with Crippen LogP contribution in [0.2, 0.25) is 15.3 Å². The number of anilines is 2. The number of hydrogen-bond acceptors (Lipinski definition) is 10. The minimum absolute atomic E-state index is 0.0149. The van der Waals surface area contributed by atoms with E-state index in [1.807, 2.05) is 62.9 Å². The highest BCUT2D eigenvalue weighted by Crippen LogP contribution is 2.32. The number of pyridine rings is 2. The summed E-state index contributed by atoms with van der Waals surface area (Å²) >= 11 is 17.9. The number of nitrogens with zero attached hydrogens (tertiary/aromatic N) is 8. The SMILES string of the molecule is CN(CC(=O)CC(C)(C)C)c1nc(Cl)nc2c1CCC2.Cc1cc(Cl)cc(-c2nc3c(c(N(C)CC(=O)CC(C)(C)C)n2)CCC3)n1.Cc1cc(Cl)cc(C)n1. The summed E-state index contributed by atoms with van der Waals surface area (Å²) in [4.78, 5) is 55.3. The van der Waals surface area contributed by atoms with Crippen molar-refractivity contribution in [3.8, 4) is 11.5 Å². The van der Waals surface area contributed by atoms with Gasteiger partial charge in [-0.25, -0.2) is 24.9 Å². The maximum absolute atomic E-state index is 12.5. The largest absolute Gasteiger partial charge is 0.352 e. The van der Waals surface area contributed by atoms with Crippen LogP contribution in [0, 0.1) is 31.6 Å². The van der Waals surface area contributed by atoms with E-state index >= 15 is 0 Å². The van der Waals surface area contributed by atoms with Crippen molar-refractivity contribution in [1.29, 1.82) is 0 Å². The number of likely N-dealkylation sites (N-methyl/N-ethyl adjacent to an activating group) is 2. The van der Waals surface area contributed by atoms with Crippen LogP contribution in [0.1, 0.15) is 107 Å². The molecule has 4 aromatic rings. The van der Waals surface area contributed by atoms with Gasteiger partial charge in [-0.3, -0.25) is 14.6 Å². The number of Topliss-reactive ketones (excluding diaryl/α,β-unsaturated/α-hetero) is 2. The minimum atomic E-state index is -0.0149. The van der Waals surface area contributed by atoms with Crippen LogP contribution in [0.25, 0.3) is 11.5 Å². The van der Waals surface area contributed by atoms with Crippen molar-refractivity contribution in [1.82, 2.24) is 29.9 Å². The fraction of sp³-hybridized carbons (Fsp3) is 0.535. The van der Waals surface area contributed by atoms with E-state index < -0.39 is 0 Å². The van der Waals surface area contributed by atoms with Gasteiger partial charge in [0.2, 0.25) is 5.28 Å². The third-order valence-electron chi connectivity index (χ3n) is 8.99. The Hall–Kier alpha value is -3.73. The molecule has 0 saturated heterocycles. The first kappa shape index (κ1) is 45.0. The lowest BCUT2D eigenvalue weighted by Gasteiger charge is -2.23. The molecule has 0 bridgehead atoms. The third kappa shape index (κ3) is 13.7. The van der Waals surface area contributed by atoms with E-state index in [1.165, 1.54) is 0 Å². The lowest BCUT2D eigenvalue weighted by Crippen LogP contribution is -2.30. The molecule has 0 amide bonds. The summed E-state index contributed by atoms with van der Waals surface area (Å²) in [7, 11) is 3.83. The molecule has 4 aromatic heterocycles. The summed E-state index contributed by atoms with van der Waals surface area (Å²) in [6.07, 6.45) is 7.07. The van der Waals surface area contributed by atoms with Crippen LogP contribution in [-0.4, -0.2) is 68.7 Å². The molecule has 0 aromatic carbocycles. The van der Waals surface area contributed by atoms with Crippen molar-refractivity contribution in [3.63, 3.8) is 0 Å². The van der Waals surface area contributed by atoms with Gasteiger partial charge in [-0.2, -0.15) is 0 Å². The van der Waals surface area contributed by atoms with E-state index in [9.17, 15) is 9.59 Å². The van der Waals surface area contributed by atoms with E-state index in [0.29, 0.717) is 42.5 Å². The number of ketones is 2. The first-order chi connectivity index (χ1) is 26.1. The van der Waals surface area contributed by atoms with Gasteiger partial charge in [0.15, 0.2) is 17.4 Å². The Balaban J connectivity index is 0.000000209. The van der Waals surface area contributed by atoms with Gasteiger partial charge in [-0.05, 0) is 106 Å².